The van der Waals surface area contributed by atoms with Crippen LogP contribution in [0, 0.1) is 12.5 Å². The summed E-state index contributed by atoms with van der Waals surface area (Å²) >= 11 is -2.23. The minimum atomic E-state index is -1.64. The van der Waals surface area contributed by atoms with Crippen molar-refractivity contribution in [1.29, 1.82) is 0 Å². The summed E-state index contributed by atoms with van der Waals surface area (Å²) in [6.45, 7) is 0. The quantitative estimate of drug-likeness (QED) is 0.131. The number of hydrogen-bond donors (Lipinski definition) is 0. The van der Waals surface area contributed by atoms with Gasteiger partial charge in [-0.25, -0.2) is 24.3 Å². The molecule has 0 spiro atoms. The molecule has 0 N–H and O–H groups in total. The standard InChI is InChI=1S/C40H24FI2N5/c1-43-22-2-4-27-9-8-26-16-20-32(42-34(26)35(27)43)39-46-38(30-12-6-24(7-13-30)25-14-18-31(41)19-15-25)47-40(48-39)33-21-17-29-11-10-28-5-3-23-44-36(28)37(29)45-33/h2-23H,1H2. The minimum absolute atomic E-state index is 0.255. The van der Waals surface area contributed by atoms with Crippen molar-refractivity contribution in [2.24, 2.45) is 0 Å². The van der Waals surface area contributed by atoms with Crippen LogP contribution >= 0.6 is 39.6 Å². The summed E-state index contributed by atoms with van der Waals surface area (Å²) in [7, 11) is 0. The normalized spacial score (nSPS) is 13.8. The van der Waals surface area contributed by atoms with Crippen LogP contribution in [-0.2, 0) is 0 Å². The number of allylic oxidation sites excluding steroid dienone is 2. The van der Waals surface area contributed by atoms with Crippen molar-refractivity contribution in [3.63, 3.8) is 0 Å². The summed E-state index contributed by atoms with van der Waals surface area (Å²) in [5, 5.41) is 3.33. The Hall–Kier alpha value is -4.81. The summed E-state index contributed by atoms with van der Waals surface area (Å²) in [4.78, 5) is 24.9. The number of hydrogen-bond acceptors (Lipinski definition) is 5. The first-order valence-corrected chi connectivity index (χ1v) is 21.2. The Bertz CT molecular complexity index is 2750. The third-order valence-electron chi connectivity index (χ3n) is 8.32. The van der Waals surface area contributed by atoms with Gasteiger partial charge in [0.05, 0.1) is 14.5 Å². The number of pyridine rings is 2. The van der Waals surface area contributed by atoms with Crippen molar-refractivity contribution in [1.82, 2.24) is 24.9 Å². The zero-order valence-electron chi connectivity index (χ0n) is 25.3. The summed E-state index contributed by atoms with van der Waals surface area (Å²) in [5.74, 6) is 1.50. The predicted octanol–water partition coefficient (Wildman–Crippen LogP) is 8.99. The maximum Gasteiger partial charge on any atom is 0.182 e. The Balaban J connectivity index is 1.23. The van der Waals surface area contributed by atoms with E-state index in [1.165, 1.54) is 29.6 Å². The average Bonchev–Trinajstić information content (AvgIpc) is 3.14. The molecule has 5 heterocycles. The van der Waals surface area contributed by atoms with Gasteiger partial charge in [-0.15, -0.1) is 18.9 Å². The second-order valence-electron chi connectivity index (χ2n) is 11.3. The van der Waals surface area contributed by atoms with Gasteiger partial charge in [0.2, 0.25) is 0 Å². The number of halogens is 3. The van der Waals surface area contributed by atoms with Crippen LogP contribution in [0.25, 0.3) is 68.0 Å². The predicted molar refractivity (Wildman–Crippen MR) is 212 cm³/mol. The number of rotatable bonds is 4. The number of fused-ring (bicyclic) bond motifs is 6. The van der Waals surface area contributed by atoms with Gasteiger partial charge >= 0.3 is 0 Å². The molecule has 5 nitrogen and oxygen atoms in total. The van der Waals surface area contributed by atoms with E-state index in [1.54, 1.807) is 18.3 Å². The van der Waals surface area contributed by atoms with Gasteiger partial charge in [-0.05, 0) is 56.3 Å². The van der Waals surface area contributed by atoms with Crippen molar-refractivity contribution >= 4 is 81.6 Å². The molecule has 0 saturated heterocycles. The average molecular weight is 847 g/mol. The molecule has 2 aliphatic rings. The Morgan fingerprint density at radius 1 is 0.646 bits per heavy atom. The maximum absolute atomic E-state index is 13.6. The zero-order chi connectivity index (χ0) is 32.2. The highest BCUT2D eigenvalue weighted by Crippen LogP contribution is 2.33. The molecular weight excluding hydrogens is 823 g/mol. The molecule has 2 aliphatic heterocycles. The van der Waals surface area contributed by atoms with E-state index in [0.717, 1.165) is 42.0 Å². The van der Waals surface area contributed by atoms with Gasteiger partial charge in [0, 0.05) is 29.3 Å². The van der Waals surface area contributed by atoms with Crippen molar-refractivity contribution in [2.45, 2.75) is 0 Å². The van der Waals surface area contributed by atoms with Gasteiger partial charge < -0.3 is 0 Å². The van der Waals surface area contributed by atoms with E-state index in [1.807, 2.05) is 42.5 Å². The minimum Gasteiger partial charge on any atom is -0.254 e. The van der Waals surface area contributed by atoms with Crippen molar-refractivity contribution in [3.8, 4) is 34.0 Å². The Labute approximate surface area is 291 Å². The summed E-state index contributed by atoms with van der Waals surface area (Å²) in [6.07, 6.45) is 10.5. The highest BCUT2D eigenvalue weighted by Gasteiger charge is 2.18. The molecule has 4 aromatic carbocycles. The fourth-order valence-corrected chi connectivity index (χ4v) is 14.1. The lowest BCUT2D eigenvalue weighted by Crippen LogP contribution is -2.11. The first kappa shape index (κ1) is 29.3. The molecule has 0 amide bonds. The van der Waals surface area contributed by atoms with Crippen LogP contribution in [-0.4, -0.2) is 32.9 Å². The molecule has 48 heavy (non-hydrogen) atoms. The molecule has 0 aliphatic carbocycles. The van der Waals surface area contributed by atoms with E-state index >= 15 is 0 Å². The highest BCUT2D eigenvalue weighted by molar-refractivity contribution is 14.2. The van der Waals surface area contributed by atoms with E-state index in [9.17, 15) is 4.39 Å². The van der Waals surface area contributed by atoms with Gasteiger partial charge in [-0.3, -0.25) is 4.98 Å². The molecule has 3 aromatic heterocycles. The Kier molecular flexibility index (Phi) is 7.34. The van der Waals surface area contributed by atoms with Crippen LogP contribution < -0.4 is 5.22 Å². The second-order valence-corrected chi connectivity index (χ2v) is 18.2. The highest BCUT2D eigenvalue weighted by atomic mass is 127. The fraction of sp³-hybridized carbons (Fsp3) is 0. The SMILES string of the molecule is C=I1=c2c3c(ccc2=CC=C1)C=CC(c1nc(-c2ccc(-c4ccc(F)cc4)cc2)nc(-c2ccc4ccc5cccnc5c4n2)n1)=I3. The van der Waals surface area contributed by atoms with Crippen LogP contribution in [0.5, 0.6) is 0 Å². The van der Waals surface area contributed by atoms with E-state index in [2.05, 4.69) is 68.2 Å². The third kappa shape index (κ3) is 5.29. The molecule has 0 fully saturated rings. The van der Waals surface area contributed by atoms with Crippen LogP contribution in [0.1, 0.15) is 11.4 Å². The summed E-state index contributed by atoms with van der Waals surface area (Å²) in [5.41, 5.74) is 6.39. The lowest BCUT2D eigenvalue weighted by Gasteiger charge is -2.13. The first-order chi connectivity index (χ1) is 23.6. The molecule has 7 aromatic rings. The summed E-state index contributed by atoms with van der Waals surface area (Å²) in [6, 6.07) is 31.2. The third-order valence-corrected chi connectivity index (χ3v) is 16.3. The number of nitrogens with zero attached hydrogens (tertiary/aromatic N) is 5. The Morgan fingerprint density at radius 3 is 2.19 bits per heavy atom. The molecule has 0 atom stereocenters. The molecule has 0 bridgehead atoms. The molecule has 0 unspecified atom stereocenters. The van der Waals surface area contributed by atoms with Crippen molar-refractivity contribution in [3.05, 3.63) is 149 Å². The van der Waals surface area contributed by atoms with E-state index in [-0.39, 0.29) is 5.82 Å². The van der Waals surface area contributed by atoms with Gasteiger partial charge in [-0.2, -0.15) is 0 Å². The molecule has 0 radical (unpaired) electrons. The summed E-state index contributed by atoms with van der Waals surface area (Å²) < 4.78 is 24.5. The number of aromatic nitrogens is 5. The van der Waals surface area contributed by atoms with E-state index in [0.29, 0.717) is 23.2 Å². The van der Waals surface area contributed by atoms with Crippen molar-refractivity contribution in [2.75, 3.05) is 0 Å². The monoisotopic (exact) mass is 847 g/mol. The molecular formula is C40H24FI2N5. The van der Waals surface area contributed by atoms with Crippen molar-refractivity contribution < 1.29 is 4.39 Å². The molecule has 8 heteroatoms. The van der Waals surface area contributed by atoms with Gasteiger partial charge in [0.25, 0.3) is 0 Å². The largest absolute Gasteiger partial charge is 0.254 e. The lowest BCUT2D eigenvalue weighted by molar-refractivity contribution is 0.628. The van der Waals surface area contributed by atoms with Crippen LogP contribution in [0.2, 0.25) is 0 Å². The molecule has 230 valence electrons. The number of benzene rings is 4. The first-order valence-electron chi connectivity index (χ1n) is 15.2. The van der Waals surface area contributed by atoms with E-state index in [4.69, 9.17) is 19.9 Å². The second kappa shape index (κ2) is 12.0. The van der Waals surface area contributed by atoms with Gasteiger partial charge in [0.15, 0.2) is 17.5 Å². The smallest absolute Gasteiger partial charge is 0.182 e. The zero-order valence-corrected chi connectivity index (χ0v) is 29.6. The van der Waals surface area contributed by atoms with Gasteiger partial charge in [-0.1, -0.05) is 116 Å². The molecule has 9 rings (SSSR count). The van der Waals surface area contributed by atoms with Crippen LogP contribution in [0.4, 0.5) is 4.39 Å². The topological polar surface area (TPSA) is 64.5 Å². The lowest BCUT2D eigenvalue weighted by atomic mass is 10.0. The van der Waals surface area contributed by atoms with Gasteiger partial charge in [0.1, 0.15) is 11.5 Å². The van der Waals surface area contributed by atoms with Crippen LogP contribution in [0.3, 0.4) is 0 Å². The van der Waals surface area contributed by atoms with Crippen LogP contribution in [0.15, 0.2) is 119 Å². The molecule has 0 saturated carbocycles. The maximum atomic E-state index is 13.6. The van der Waals surface area contributed by atoms with E-state index < -0.39 is 39.6 Å². The fourth-order valence-electron chi connectivity index (χ4n) is 5.91. The Morgan fingerprint density at radius 2 is 1.35 bits per heavy atom.